The van der Waals surface area contributed by atoms with E-state index in [1.807, 2.05) is 0 Å². The molecule has 236 valence electrons. The van der Waals surface area contributed by atoms with Gasteiger partial charge in [0.15, 0.2) is 41.9 Å². The van der Waals surface area contributed by atoms with Crippen LogP contribution < -0.4 is 10.3 Å². The predicted octanol–water partition coefficient (Wildman–Crippen LogP) is -1.07. The molecule has 0 aromatic carbocycles. The monoisotopic (exact) mass is 655 g/mol. The van der Waals surface area contributed by atoms with Gasteiger partial charge >= 0.3 is 7.82 Å². The van der Waals surface area contributed by atoms with E-state index in [0.29, 0.717) is 5.56 Å². The summed E-state index contributed by atoms with van der Waals surface area (Å²) in [6.07, 6.45) is -2.65. The van der Waals surface area contributed by atoms with E-state index in [4.69, 9.17) is 27.1 Å². The number of ketones is 1. The van der Waals surface area contributed by atoms with Gasteiger partial charge in [0.2, 0.25) is 7.57 Å². The Bertz CT molecular complexity index is 1630. The Morgan fingerprint density at radius 3 is 2.61 bits per heavy atom. The minimum atomic E-state index is -5.15. The maximum Gasteiger partial charge on any atom is 0.478 e. The van der Waals surface area contributed by atoms with Gasteiger partial charge < -0.3 is 40.3 Å². The molecule has 1 saturated heterocycles. The van der Waals surface area contributed by atoms with Gasteiger partial charge in [-0.1, -0.05) is 0 Å². The number of fused-ring (bicyclic) bond motifs is 1. The zero-order valence-corrected chi connectivity index (χ0v) is 24.9. The van der Waals surface area contributed by atoms with Crippen molar-refractivity contribution in [1.29, 1.82) is 0 Å². The van der Waals surface area contributed by atoms with Gasteiger partial charge in [-0.2, -0.15) is 4.57 Å². The van der Waals surface area contributed by atoms with Gasteiger partial charge in [0, 0.05) is 18.4 Å². The summed E-state index contributed by atoms with van der Waals surface area (Å²) in [5.74, 6) is -0.974. The lowest BCUT2D eigenvalue weighted by Gasteiger charge is -2.22. The number of phosphoric acid groups is 1. The van der Waals surface area contributed by atoms with Crippen LogP contribution in [0.1, 0.15) is 36.0 Å². The summed E-state index contributed by atoms with van der Waals surface area (Å²) in [4.78, 5) is 33.8. The van der Waals surface area contributed by atoms with E-state index < -0.39 is 77.2 Å². The highest BCUT2D eigenvalue weighted by Gasteiger charge is 2.49. The summed E-state index contributed by atoms with van der Waals surface area (Å²) >= 11 is 0. The maximum absolute atomic E-state index is 12.7. The number of anilines is 1. The Balaban J connectivity index is 1.16. The number of nitrogens with two attached hydrogens (primary N) is 1. The van der Waals surface area contributed by atoms with Crippen molar-refractivity contribution in [1.82, 2.24) is 19.5 Å². The molecule has 10 unspecified atom stereocenters. The van der Waals surface area contributed by atoms with Crippen molar-refractivity contribution in [3.05, 3.63) is 42.7 Å². The Morgan fingerprint density at radius 2 is 1.89 bits per heavy atom. The highest BCUT2D eigenvalue weighted by atomic mass is 31.3. The number of rotatable bonds is 11. The third kappa shape index (κ3) is 6.78. The number of aliphatic hydroxyl groups excluding tert-OH is 4. The Labute approximate surface area is 250 Å². The number of pyridine rings is 1. The second-order valence-corrected chi connectivity index (χ2v) is 13.6. The Kier molecular flexibility index (Phi) is 9.38. The number of carbonyl (C=O) groups excluding carboxylic acids is 1. The molecule has 3 aromatic heterocycles. The molecule has 0 spiro atoms. The van der Waals surface area contributed by atoms with Crippen LogP contribution in [0.3, 0.4) is 0 Å². The van der Waals surface area contributed by atoms with Crippen LogP contribution in [0.2, 0.25) is 0 Å². The van der Waals surface area contributed by atoms with Crippen molar-refractivity contribution in [2.75, 3.05) is 18.9 Å². The molecule has 2 radical (unpaired) electrons. The van der Waals surface area contributed by atoms with Crippen molar-refractivity contribution in [2.24, 2.45) is 5.92 Å². The molecule has 5 rings (SSSR count). The number of Topliss-reactive ketones (excluding diaryl/α,β-unsaturated/α-hetero) is 1. The Hall–Kier alpha value is -2.67. The van der Waals surface area contributed by atoms with Crippen LogP contribution in [0.5, 0.6) is 0 Å². The second-order valence-electron chi connectivity index (χ2n) is 10.5. The number of aromatic nitrogens is 5. The standard InChI is InChI=1S/C23H29BN6O12P2/c1-11(31)12-3-2-4-29(6-12)14-5-13(17(32)18(14)33)7-40-44(37,38)42-43(24,36)39-8-15-19(34)20(35)23(41-15)30-10-28-16-21(25)26-9-27-22(16)30/h2-4,6,9-10,13-15,17-20,23,32-35H,5,7-8H2,1H3,(H2-,25,26,27,37,38)/p+1. The fourth-order valence-electron chi connectivity index (χ4n) is 5.18. The van der Waals surface area contributed by atoms with Gasteiger partial charge in [0.25, 0.3) is 7.47 Å². The smallest absolute Gasteiger partial charge is 0.390 e. The molecule has 7 N–H and O–H groups in total. The number of hydrogen-bond acceptors (Lipinski definition) is 15. The van der Waals surface area contributed by atoms with E-state index in [2.05, 4.69) is 19.3 Å². The molecule has 1 aliphatic carbocycles. The summed E-state index contributed by atoms with van der Waals surface area (Å²) in [6, 6.07) is 2.52. The minimum Gasteiger partial charge on any atom is -0.390 e. The molecule has 10 atom stereocenters. The maximum atomic E-state index is 12.7. The summed E-state index contributed by atoms with van der Waals surface area (Å²) < 4.78 is 48.2. The van der Waals surface area contributed by atoms with Crippen LogP contribution >= 0.6 is 15.3 Å². The molecule has 21 heteroatoms. The van der Waals surface area contributed by atoms with Gasteiger partial charge in [0.1, 0.15) is 36.3 Å². The van der Waals surface area contributed by atoms with E-state index in [0.717, 1.165) is 0 Å². The van der Waals surface area contributed by atoms with Crippen LogP contribution in [0.4, 0.5) is 5.82 Å². The minimum absolute atomic E-state index is 0.0790. The predicted molar refractivity (Wildman–Crippen MR) is 148 cm³/mol. The average Bonchev–Trinajstić information content (AvgIpc) is 3.61. The van der Waals surface area contributed by atoms with Crippen LogP contribution in [0.25, 0.3) is 11.2 Å². The zero-order valence-electron chi connectivity index (χ0n) is 23.1. The molecule has 1 saturated carbocycles. The van der Waals surface area contributed by atoms with E-state index in [-0.39, 0.29) is 29.2 Å². The summed E-state index contributed by atoms with van der Waals surface area (Å²) in [5.41, 5.74) is 6.59. The normalized spacial score (nSPS) is 31.6. The number of aliphatic hydroxyl groups is 4. The number of nitrogens with zero attached hydrogens (tertiary/aromatic N) is 5. The first-order valence-corrected chi connectivity index (χ1v) is 16.3. The first-order valence-electron chi connectivity index (χ1n) is 13.2. The number of imidazole rings is 1. The van der Waals surface area contributed by atoms with Gasteiger partial charge in [-0.05, 0) is 13.0 Å². The van der Waals surface area contributed by atoms with E-state index in [9.17, 15) is 39.2 Å². The number of phosphoric ester groups is 1. The van der Waals surface area contributed by atoms with Crippen molar-refractivity contribution >= 4 is 45.6 Å². The molecule has 44 heavy (non-hydrogen) atoms. The van der Waals surface area contributed by atoms with Crippen LogP contribution in [-0.4, -0.2) is 102 Å². The molecule has 2 aliphatic rings. The molecule has 3 aromatic rings. The largest absolute Gasteiger partial charge is 0.478 e. The van der Waals surface area contributed by atoms with Crippen LogP contribution in [-0.2, 0) is 27.2 Å². The van der Waals surface area contributed by atoms with Crippen LogP contribution in [0, 0.1) is 5.92 Å². The zero-order chi connectivity index (χ0) is 32.0. The molecular formula is C23H30BN6O12P2+. The quantitative estimate of drug-likeness (QED) is 0.0621. The van der Waals surface area contributed by atoms with Gasteiger partial charge in [-0.25, -0.2) is 23.8 Å². The third-order valence-corrected chi connectivity index (χ3v) is 10.2. The number of ether oxygens (including phenoxy) is 1. The summed E-state index contributed by atoms with van der Waals surface area (Å²) in [5, 5.41) is 42.1. The van der Waals surface area contributed by atoms with Crippen molar-refractivity contribution in [3.63, 3.8) is 0 Å². The Morgan fingerprint density at radius 1 is 1.14 bits per heavy atom. The van der Waals surface area contributed by atoms with E-state index >= 15 is 0 Å². The average molecular weight is 655 g/mol. The molecule has 0 amide bonds. The highest BCUT2D eigenvalue weighted by molar-refractivity contribution is 7.83. The topological polar surface area (TPSA) is 263 Å². The molecule has 0 bridgehead atoms. The number of nitrogen functional groups attached to an aromatic ring is 1. The molecule has 4 heterocycles. The van der Waals surface area contributed by atoms with E-state index in [1.54, 1.807) is 22.9 Å². The van der Waals surface area contributed by atoms with Crippen molar-refractivity contribution in [3.8, 4) is 0 Å². The number of hydrogen-bond donors (Lipinski definition) is 6. The fraction of sp³-hybridized carbons (Fsp3) is 0.522. The summed E-state index contributed by atoms with van der Waals surface area (Å²) in [7, 11) is -4.48. The second kappa shape index (κ2) is 12.6. The van der Waals surface area contributed by atoms with Crippen molar-refractivity contribution in [2.45, 2.75) is 56.1 Å². The van der Waals surface area contributed by atoms with Gasteiger partial charge in [0.05, 0.1) is 31.2 Å². The van der Waals surface area contributed by atoms with Gasteiger partial charge in [-0.3, -0.25) is 18.5 Å². The first kappa shape index (κ1) is 32.7. The van der Waals surface area contributed by atoms with E-state index in [1.165, 1.54) is 30.3 Å². The summed E-state index contributed by atoms with van der Waals surface area (Å²) in [6.45, 7) is 0.0480. The fourth-order valence-corrected chi connectivity index (χ4v) is 7.44. The highest BCUT2D eigenvalue weighted by Crippen LogP contribution is 2.60. The third-order valence-electron chi connectivity index (χ3n) is 7.47. The molecule has 2 fully saturated rings. The lowest BCUT2D eigenvalue weighted by atomic mass is 10.1. The van der Waals surface area contributed by atoms with Crippen molar-refractivity contribution < 1.29 is 61.9 Å². The molecule has 18 nitrogen and oxygen atoms in total. The SMILES string of the molecule is [B]P(=O)(OCC1OC(n2cnc3c(N)ncnc32)C(O)C1O)OP(=O)(O)OCC1CC([n+]2cccc(C(C)=O)c2)C(O)C1O. The molecular weight excluding hydrogens is 625 g/mol. The van der Waals surface area contributed by atoms with Gasteiger partial charge in [-0.15, -0.1) is 0 Å². The first-order chi connectivity index (χ1) is 20.7. The lowest BCUT2D eigenvalue weighted by molar-refractivity contribution is -0.728. The number of carbonyl (C=O) groups is 1. The lowest BCUT2D eigenvalue weighted by Crippen LogP contribution is -2.45. The molecule has 1 aliphatic heterocycles. The van der Waals surface area contributed by atoms with Crippen LogP contribution in [0.15, 0.2) is 37.2 Å².